The van der Waals surface area contributed by atoms with Gasteiger partial charge in [-0.1, -0.05) is 25.5 Å². The molecule has 0 bridgehead atoms. The highest BCUT2D eigenvalue weighted by Crippen LogP contribution is 2.68. The molecule has 210 valence electrons. The van der Waals surface area contributed by atoms with Crippen molar-refractivity contribution < 1.29 is 34.3 Å². The summed E-state index contributed by atoms with van der Waals surface area (Å²) in [5.41, 5.74) is 2.66. The van der Waals surface area contributed by atoms with Crippen LogP contribution in [0.3, 0.4) is 0 Å². The summed E-state index contributed by atoms with van der Waals surface area (Å²) >= 11 is 0. The van der Waals surface area contributed by atoms with E-state index in [1.165, 1.54) is 30.4 Å². The van der Waals surface area contributed by atoms with E-state index in [9.17, 15) is 25.2 Å². The first-order chi connectivity index (χ1) is 18.2. The minimum atomic E-state index is -1.43. The summed E-state index contributed by atoms with van der Waals surface area (Å²) in [4.78, 5) is 11.5. The first-order valence-corrected chi connectivity index (χ1v) is 14.4. The zero-order valence-corrected chi connectivity index (χ0v) is 22.4. The smallest absolute Gasteiger partial charge is 0.335 e. The van der Waals surface area contributed by atoms with E-state index in [4.69, 9.17) is 13.9 Å². The Bertz CT molecular complexity index is 1090. The van der Waals surface area contributed by atoms with Crippen molar-refractivity contribution in [2.24, 2.45) is 28.6 Å². The van der Waals surface area contributed by atoms with E-state index in [1.54, 1.807) is 12.3 Å². The molecule has 0 spiro atoms. The van der Waals surface area contributed by atoms with E-state index in [2.05, 4.69) is 19.9 Å². The third kappa shape index (κ3) is 4.14. The van der Waals surface area contributed by atoms with E-state index in [1.807, 2.05) is 6.07 Å². The van der Waals surface area contributed by atoms with E-state index >= 15 is 0 Å². The zero-order chi connectivity index (χ0) is 26.8. The second-order valence-electron chi connectivity index (χ2n) is 13.0. The van der Waals surface area contributed by atoms with E-state index in [-0.39, 0.29) is 22.6 Å². The van der Waals surface area contributed by atoms with Crippen molar-refractivity contribution in [2.45, 2.75) is 108 Å². The molecule has 1 aromatic heterocycles. The third-order valence-corrected chi connectivity index (χ3v) is 11.4. The van der Waals surface area contributed by atoms with Crippen LogP contribution in [-0.2, 0) is 9.47 Å². The fourth-order valence-electron chi connectivity index (χ4n) is 9.27. The first-order valence-electron chi connectivity index (χ1n) is 14.4. The Hall–Kier alpha value is -1.55. The van der Waals surface area contributed by atoms with Gasteiger partial charge in [0.25, 0.3) is 0 Å². The van der Waals surface area contributed by atoms with Gasteiger partial charge in [-0.3, -0.25) is 0 Å². The molecular formula is C30H42O8. The Labute approximate surface area is 223 Å². The van der Waals surface area contributed by atoms with Crippen molar-refractivity contribution in [1.29, 1.82) is 0 Å². The van der Waals surface area contributed by atoms with Gasteiger partial charge in [-0.25, -0.2) is 4.79 Å². The molecular weight excluding hydrogens is 488 g/mol. The lowest BCUT2D eigenvalue weighted by Crippen LogP contribution is -2.59. The molecule has 4 fully saturated rings. The van der Waals surface area contributed by atoms with Crippen LogP contribution < -0.4 is 5.63 Å². The molecule has 0 amide bonds. The number of aliphatic hydroxyl groups excluding tert-OH is 4. The van der Waals surface area contributed by atoms with Gasteiger partial charge in [0.05, 0.1) is 19.0 Å². The van der Waals surface area contributed by atoms with Gasteiger partial charge in [-0.15, -0.1) is 0 Å². The minimum absolute atomic E-state index is 0.122. The van der Waals surface area contributed by atoms with Crippen molar-refractivity contribution in [2.75, 3.05) is 6.61 Å². The summed E-state index contributed by atoms with van der Waals surface area (Å²) in [5, 5.41) is 40.2. The highest BCUT2D eigenvalue weighted by atomic mass is 16.7. The summed E-state index contributed by atoms with van der Waals surface area (Å²) in [6.07, 6.45) is 6.14. The van der Waals surface area contributed by atoms with E-state index in [0.29, 0.717) is 23.7 Å². The Kier molecular flexibility index (Phi) is 6.89. The number of allylic oxidation sites excluding steroid dienone is 1. The van der Waals surface area contributed by atoms with Gasteiger partial charge in [-0.2, -0.15) is 0 Å². The van der Waals surface area contributed by atoms with Gasteiger partial charge in [0.2, 0.25) is 0 Å². The summed E-state index contributed by atoms with van der Waals surface area (Å²) < 4.78 is 17.0. The van der Waals surface area contributed by atoms with E-state index < -0.39 is 37.3 Å². The molecule has 2 heterocycles. The molecule has 38 heavy (non-hydrogen) atoms. The van der Waals surface area contributed by atoms with Gasteiger partial charge in [0.15, 0.2) is 6.29 Å². The number of hydrogen-bond donors (Lipinski definition) is 4. The Morgan fingerprint density at radius 1 is 0.974 bits per heavy atom. The molecule has 5 aliphatic rings. The molecule has 8 nitrogen and oxygen atoms in total. The number of aliphatic hydroxyl groups is 4. The molecule has 12 atom stereocenters. The normalized spacial score (nSPS) is 48.5. The van der Waals surface area contributed by atoms with Crippen LogP contribution in [0.2, 0.25) is 0 Å². The summed E-state index contributed by atoms with van der Waals surface area (Å²) in [6, 6.07) is 3.52. The average molecular weight is 531 g/mol. The van der Waals surface area contributed by atoms with Gasteiger partial charge in [0.1, 0.15) is 24.4 Å². The maximum atomic E-state index is 11.5. The Morgan fingerprint density at radius 3 is 2.53 bits per heavy atom. The molecule has 1 aromatic rings. The van der Waals surface area contributed by atoms with Crippen molar-refractivity contribution in [1.82, 2.24) is 0 Å². The molecule has 0 unspecified atom stereocenters. The number of fused-ring (bicyclic) bond motifs is 5. The quantitative estimate of drug-likeness (QED) is 0.438. The van der Waals surface area contributed by atoms with Crippen LogP contribution >= 0.6 is 0 Å². The summed E-state index contributed by atoms with van der Waals surface area (Å²) in [5.74, 6) is 2.41. The molecule has 1 aliphatic heterocycles. The standard InChI is InChI=1S/C30H42O8/c1-29-11-9-18(37-28-27(35)26(34)25(33)23(14-31)38-28)13-17(29)4-5-19-21-7-6-20(16-3-8-24(32)36-15-16)30(21,2)12-10-22(19)29/h3,8,13,15,18-23,25-28,31,33-35H,4-7,9-12,14H2,1-2H3/t18-,19-,20-,21-,22-,23-,25+,26+,27+,28-,29-,30+/m0/s1. The predicted octanol–water partition coefficient (Wildman–Crippen LogP) is 2.87. The fourth-order valence-corrected chi connectivity index (χ4v) is 9.27. The second-order valence-corrected chi connectivity index (χ2v) is 13.0. The lowest BCUT2D eigenvalue weighted by atomic mass is 9.46. The number of ether oxygens (including phenoxy) is 2. The van der Waals surface area contributed by atoms with Gasteiger partial charge < -0.3 is 34.3 Å². The van der Waals surface area contributed by atoms with Gasteiger partial charge >= 0.3 is 5.63 Å². The minimum Gasteiger partial charge on any atom is -0.431 e. The van der Waals surface area contributed by atoms with Crippen LogP contribution in [0, 0.1) is 28.6 Å². The second kappa shape index (κ2) is 9.82. The largest absolute Gasteiger partial charge is 0.431 e. The molecule has 4 aliphatic carbocycles. The average Bonchev–Trinajstić information content (AvgIpc) is 3.27. The zero-order valence-electron chi connectivity index (χ0n) is 22.4. The maximum Gasteiger partial charge on any atom is 0.335 e. The van der Waals surface area contributed by atoms with Gasteiger partial charge in [0, 0.05) is 6.07 Å². The Morgan fingerprint density at radius 2 is 1.79 bits per heavy atom. The van der Waals surface area contributed by atoms with E-state index in [0.717, 1.165) is 32.1 Å². The highest BCUT2D eigenvalue weighted by Gasteiger charge is 2.59. The van der Waals surface area contributed by atoms with Crippen LogP contribution in [0.15, 0.2) is 39.3 Å². The molecule has 6 rings (SSSR count). The number of rotatable bonds is 4. The molecule has 1 saturated heterocycles. The van der Waals surface area contributed by atoms with Crippen LogP contribution in [0.25, 0.3) is 0 Å². The van der Waals surface area contributed by atoms with Gasteiger partial charge in [-0.05, 0) is 97.5 Å². The fraction of sp³-hybridized carbons (Fsp3) is 0.767. The highest BCUT2D eigenvalue weighted by molar-refractivity contribution is 5.28. The first kappa shape index (κ1) is 26.7. The molecule has 4 N–H and O–H groups in total. The maximum absolute atomic E-state index is 11.5. The van der Waals surface area contributed by atoms with Crippen molar-refractivity contribution in [3.63, 3.8) is 0 Å². The molecule has 3 saturated carbocycles. The van der Waals surface area contributed by atoms with Crippen molar-refractivity contribution >= 4 is 0 Å². The lowest BCUT2D eigenvalue weighted by molar-refractivity contribution is -0.308. The SMILES string of the molecule is C[C@]12CC[C@H]3[C@@H](CCC4=C[C@@H](O[C@H]5O[C@@H](CO)[C@@H](O)[C@@H](O)[C@H]5O)CC[C@@]43C)[C@@H]1CC[C@H]2c1ccc(=O)oc1. The predicted molar refractivity (Wildman–Crippen MR) is 138 cm³/mol. The third-order valence-electron chi connectivity index (χ3n) is 11.4. The molecule has 0 radical (unpaired) electrons. The van der Waals surface area contributed by atoms with Crippen molar-refractivity contribution in [3.8, 4) is 0 Å². The summed E-state index contributed by atoms with van der Waals surface area (Å²) in [6.45, 7) is 4.44. The molecule has 8 heteroatoms. The van der Waals surface area contributed by atoms with Crippen LogP contribution in [-0.4, -0.2) is 63.8 Å². The summed E-state index contributed by atoms with van der Waals surface area (Å²) in [7, 11) is 0. The van der Waals surface area contributed by atoms with Crippen molar-refractivity contribution in [3.05, 3.63) is 46.0 Å². The molecule has 0 aromatic carbocycles. The monoisotopic (exact) mass is 530 g/mol. The van der Waals surface area contributed by atoms with Crippen LogP contribution in [0.4, 0.5) is 0 Å². The lowest BCUT2D eigenvalue weighted by Gasteiger charge is -2.58. The van der Waals surface area contributed by atoms with Crippen LogP contribution in [0.1, 0.15) is 76.7 Å². The Balaban J connectivity index is 1.18. The number of hydrogen-bond acceptors (Lipinski definition) is 8. The topological polar surface area (TPSA) is 130 Å². The van der Waals surface area contributed by atoms with Crippen LogP contribution in [0.5, 0.6) is 0 Å².